The second-order valence-corrected chi connectivity index (χ2v) is 2.71. The number of hydrogen-bond acceptors (Lipinski definition) is 3. The van der Waals surface area contributed by atoms with Crippen LogP contribution < -0.4 is 0 Å². The third-order valence-corrected chi connectivity index (χ3v) is 0.450. The summed E-state index contributed by atoms with van der Waals surface area (Å²) in [5, 5.41) is 7.00. The Kier molecular flexibility index (Phi) is 6.35. The minimum atomic E-state index is -0.328. The molecule has 0 rings (SSSR count). The lowest BCUT2D eigenvalue weighted by Gasteiger charge is -2.17. The van der Waals surface area contributed by atoms with Gasteiger partial charge in [-0.05, 0) is 20.8 Å². The van der Waals surface area contributed by atoms with Gasteiger partial charge in [-0.25, -0.2) is 0 Å². The molecule has 0 aliphatic carbocycles. The highest BCUT2D eigenvalue weighted by atomic mass is 16.6. The third kappa shape index (κ3) is 15.7. The molecule has 0 fully saturated rings. The van der Waals surface area contributed by atoms with Gasteiger partial charge in [0.15, 0.2) is 0 Å². The normalized spacial score (nSPS) is 9.40. The molecule has 0 amide bonds. The SMILES string of the molecule is CC(=O)OC(C)(C)C.CO. The fraction of sp³-hybridized carbons (Fsp3) is 0.857. The Labute approximate surface area is 62.0 Å². The van der Waals surface area contributed by atoms with Crippen LogP contribution >= 0.6 is 0 Å². The maximum Gasteiger partial charge on any atom is 0.303 e. The molecule has 0 aliphatic heterocycles. The molecule has 0 aromatic rings. The van der Waals surface area contributed by atoms with E-state index in [-0.39, 0.29) is 11.6 Å². The van der Waals surface area contributed by atoms with Gasteiger partial charge in [-0.2, -0.15) is 0 Å². The molecule has 3 nitrogen and oxygen atoms in total. The summed E-state index contributed by atoms with van der Waals surface area (Å²) in [7, 11) is 1.00. The van der Waals surface area contributed by atoms with Crippen LogP contribution in [0, 0.1) is 0 Å². The molecule has 0 spiro atoms. The van der Waals surface area contributed by atoms with Crippen LogP contribution in [0.2, 0.25) is 0 Å². The number of aliphatic hydroxyl groups is 1. The molecule has 0 unspecified atom stereocenters. The van der Waals surface area contributed by atoms with Gasteiger partial charge in [0.1, 0.15) is 5.60 Å². The van der Waals surface area contributed by atoms with Crippen LogP contribution in [0.4, 0.5) is 0 Å². The summed E-state index contributed by atoms with van der Waals surface area (Å²) in [5.41, 5.74) is -0.328. The highest BCUT2D eigenvalue weighted by molar-refractivity contribution is 5.66. The number of carbonyl (C=O) groups excluding carboxylic acids is 1. The van der Waals surface area contributed by atoms with Crippen molar-refractivity contribution in [1.29, 1.82) is 0 Å². The standard InChI is InChI=1S/C6H12O2.CH4O/c1-5(7)8-6(2,3)4;1-2/h1-4H3;2H,1H3. The minimum absolute atomic E-state index is 0.225. The molecule has 10 heavy (non-hydrogen) atoms. The van der Waals surface area contributed by atoms with Gasteiger partial charge < -0.3 is 9.84 Å². The van der Waals surface area contributed by atoms with Crippen molar-refractivity contribution in [2.45, 2.75) is 33.3 Å². The summed E-state index contributed by atoms with van der Waals surface area (Å²) in [6.45, 7) is 6.93. The van der Waals surface area contributed by atoms with Crippen molar-refractivity contribution in [3.8, 4) is 0 Å². The highest BCUT2D eigenvalue weighted by Crippen LogP contribution is 2.05. The Morgan fingerprint density at radius 1 is 1.30 bits per heavy atom. The predicted molar refractivity (Wildman–Crippen MR) is 39.7 cm³/mol. The lowest BCUT2D eigenvalue weighted by atomic mass is 10.2. The lowest BCUT2D eigenvalue weighted by molar-refractivity contribution is -0.151. The number of hydrogen-bond donors (Lipinski definition) is 1. The Bertz CT molecular complexity index is 91.5. The number of aliphatic hydroxyl groups excluding tert-OH is 1. The molecule has 0 aliphatic rings. The van der Waals surface area contributed by atoms with Crippen LogP contribution in [-0.2, 0) is 9.53 Å². The smallest absolute Gasteiger partial charge is 0.303 e. The number of carbonyl (C=O) groups is 1. The predicted octanol–water partition coefficient (Wildman–Crippen LogP) is 0.956. The van der Waals surface area contributed by atoms with E-state index in [0.717, 1.165) is 7.11 Å². The number of ether oxygens (including phenoxy) is 1. The first-order valence-electron chi connectivity index (χ1n) is 3.06. The molecule has 0 saturated carbocycles. The van der Waals surface area contributed by atoms with Gasteiger partial charge in [0.25, 0.3) is 0 Å². The van der Waals surface area contributed by atoms with Gasteiger partial charge in [0, 0.05) is 14.0 Å². The Morgan fingerprint density at radius 2 is 1.60 bits per heavy atom. The van der Waals surface area contributed by atoms with Gasteiger partial charge in [-0.15, -0.1) is 0 Å². The lowest BCUT2D eigenvalue weighted by Crippen LogP contribution is -2.21. The molecule has 0 atom stereocenters. The zero-order valence-electron chi connectivity index (χ0n) is 7.26. The van der Waals surface area contributed by atoms with Crippen LogP contribution in [0.3, 0.4) is 0 Å². The Hall–Kier alpha value is -0.570. The summed E-state index contributed by atoms with van der Waals surface area (Å²) in [5.74, 6) is -0.225. The average Bonchev–Trinajstić information content (AvgIpc) is 1.64. The van der Waals surface area contributed by atoms with Crippen LogP contribution in [0.5, 0.6) is 0 Å². The van der Waals surface area contributed by atoms with Crippen molar-refractivity contribution >= 4 is 5.97 Å². The molecule has 62 valence electrons. The zero-order valence-corrected chi connectivity index (χ0v) is 7.26. The quantitative estimate of drug-likeness (QED) is 0.520. The topological polar surface area (TPSA) is 46.5 Å². The van der Waals surface area contributed by atoms with Gasteiger partial charge >= 0.3 is 5.97 Å². The van der Waals surface area contributed by atoms with E-state index < -0.39 is 0 Å². The van der Waals surface area contributed by atoms with Gasteiger partial charge in [0.05, 0.1) is 0 Å². The van der Waals surface area contributed by atoms with Gasteiger partial charge in [0.2, 0.25) is 0 Å². The van der Waals surface area contributed by atoms with Crippen LogP contribution in [0.1, 0.15) is 27.7 Å². The van der Waals surface area contributed by atoms with E-state index in [1.54, 1.807) is 0 Å². The summed E-state index contributed by atoms with van der Waals surface area (Å²) < 4.78 is 4.80. The van der Waals surface area contributed by atoms with E-state index >= 15 is 0 Å². The molecular formula is C7H16O3. The van der Waals surface area contributed by atoms with E-state index in [9.17, 15) is 4.79 Å². The van der Waals surface area contributed by atoms with Crippen molar-refractivity contribution in [3.63, 3.8) is 0 Å². The fourth-order valence-corrected chi connectivity index (χ4v) is 0.431. The first-order chi connectivity index (χ1) is 4.42. The molecule has 0 radical (unpaired) electrons. The monoisotopic (exact) mass is 148 g/mol. The van der Waals surface area contributed by atoms with E-state index in [4.69, 9.17) is 9.84 Å². The van der Waals surface area contributed by atoms with Crippen molar-refractivity contribution < 1.29 is 14.6 Å². The summed E-state index contributed by atoms with van der Waals surface area (Å²) in [4.78, 5) is 10.2. The van der Waals surface area contributed by atoms with E-state index in [0.29, 0.717) is 0 Å². The van der Waals surface area contributed by atoms with E-state index in [1.807, 2.05) is 20.8 Å². The van der Waals surface area contributed by atoms with Crippen LogP contribution in [-0.4, -0.2) is 23.8 Å². The van der Waals surface area contributed by atoms with Crippen molar-refractivity contribution in [2.24, 2.45) is 0 Å². The van der Waals surface area contributed by atoms with Crippen molar-refractivity contribution in [1.82, 2.24) is 0 Å². The molecule has 3 heteroatoms. The largest absolute Gasteiger partial charge is 0.460 e. The molecular weight excluding hydrogens is 132 g/mol. The van der Waals surface area contributed by atoms with Gasteiger partial charge in [-0.3, -0.25) is 4.79 Å². The van der Waals surface area contributed by atoms with Gasteiger partial charge in [-0.1, -0.05) is 0 Å². The van der Waals surface area contributed by atoms with Crippen molar-refractivity contribution in [2.75, 3.05) is 7.11 Å². The highest BCUT2D eigenvalue weighted by Gasteiger charge is 2.11. The Morgan fingerprint density at radius 3 is 1.60 bits per heavy atom. The first kappa shape index (κ1) is 12.1. The third-order valence-electron chi connectivity index (χ3n) is 0.450. The molecule has 0 bridgehead atoms. The first-order valence-corrected chi connectivity index (χ1v) is 3.06. The van der Waals surface area contributed by atoms with E-state index in [2.05, 4.69) is 0 Å². The maximum absolute atomic E-state index is 10.2. The average molecular weight is 148 g/mol. The summed E-state index contributed by atoms with van der Waals surface area (Å²) >= 11 is 0. The second kappa shape index (κ2) is 5.23. The molecule has 0 aromatic heterocycles. The summed E-state index contributed by atoms with van der Waals surface area (Å²) in [6.07, 6.45) is 0. The van der Waals surface area contributed by atoms with Crippen molar-refractivity contribution in [3.05, 3.63) is 0 Å². The minimum Gasteiger partial charge on any atom is -0.460 e. The number of rotatable bonds is 0. The maximum atomic E-state index is 10.2. The number of esters is 1. The van der Waals surface area contributed by atoms with E-state index in [1.165, 1.54) is 6.92 Å². The second-order valence-electron chi connectivity index (χ2n) is 2.71. The summed E-state index contributed by atoms with van der Waals surface area (Å²) in [6, 6.07) is 0. The molecule has 0 saturated heterocycles. The fourth-order valence-electron chi connectivity index (χ4n) is 0.431. The molecule has 0 aromatic carbocycles. The Balaban J connectivity index is 0. The molecule has 0 heterocycles. The van der Waals surface area contributed by atoms with Crippen LogP contribution in [0.25, 0.3) is 0 Å². The molecule has 1 N–H and O–H groups in total. The zero-order chi connectivity index (χ0) is 8.78. The van der Waals surface area contributed by atoms with Crippen LogP contribution in [0.15, 0.2) is 0 Å².